The van der Waals surface area contributed by atoms with Gasteiger partial charge in [0.15, 0.2) is 5.96 Å². The number of aliphatic imine (C=N–C) groups is 1. The van der Waals surface area contributed by atoms with E-state index in [1.165, 1.54) is 0 Å². The fourth-order valence-electron chi connectivity index (χ4n) is 1.28. The van der Waals surface area contributed by atoms with E-state index in [0.717, 1.165) is 0 Å². The van der Waals surface area contributed by atoms with Gasteiger partial charge < -0.3 is 21.1 Å². The van der Waals surface area contributed by atoms with Crippen molar-refractivity contribution in [2.75, 3.05) is 27.3 Å². The van der Waals surface area contributed by atoms with Crippen LogP contribution in [0, 0.1) is 5.41 Å². The molecule has 1 unspecified atom stereocenters. The summed E-state index contributed by atoms with van der Waals surface area (Å²) < 4.78 is 4.97. The predicted octanol–water partition coefficient (Wildman–Crippen LogP) is 0.316. The summed E-state index contributed by atoms with van der Waals surface area (Å²) in [5, 5.41) is 5.58. The zero-order valence-corrected chi connectivity index (χ0v) is 14.1. The summed E-state index contributed by atoms with van der Waals surface area (Å²) in [4.78, 5) is 15.7. The molecule has 0 fully saturated rings. The summed E-state index contributed by atoms with van der Waals surface area (Å²) in [5.41, 5.74) is 5.14. The number of methoxy groups -OCH3 is 1. The smallest absolute Gasteiger partial charge is 0.227 e. The maximum atomic E-state index is 11.5. The van der Waals surface area contributed by atoms with E-state index in [-0.39, 0.29) is 35.9 Å². The molecule has 0 aliphatic carbocycles. The first-order chi connectivity index (χ1) is 7.83. The molecule has 18 heavy (non-hydrogen) atoms. The zero-order chi connectivity index (χ0) is 13.5. The lowest BCUT2D eigenvalue weighted by atomic mass is 9.93. The highest BCUT2D eigenvalue weighted by Gasteiger charge is 2.26. The van der Waals surface area contributed by atoms with Crippen LogP contribution in [0.25, 0.3) is 0 Å². The number of guanidine groups is 1. The largest absolute Gasteiger partial charge is 0.383 e. The molecule has 4 N–H and O–H groups in total. The van der Waals surface area contributed by atoms with Crippen molar-refractivity contribution in [1.82, 2.24) is 10.6 Å². The average Bonchev–Trinajstić information content (AvgIpc) is 2.25. The van der Waals surface area contributed by atoms with E-state index >= 15 is 0 Å². The lowest BCUT2D eigenvalue weighted by Gasteiger charge is -2.21. The molecule has 0 aromatic rings. The van der Waals surface area contributed by atoms with Gasteiger partial charge in [0.05, 0.1) is 18.6 Å². The number of hydrogen-bond donors (Lipinski definition) is 3. The Labute approximate surface area is 126 Å². The van der Waals surface area contributed by atoms with E-state index in [1.807, 2.05) is 20.8 Å². The zero-order valence-electron chi connectivity index (χ0n) is 11.7. The quantitative estimate of drug-likeness (QED) is 0.356. The van der Waals surface area contributed by atoms with Gasteiger partial charge in [-0.25, -0.2) is 0 Å². The second-order valence-corrected chi connectivity index (χ2v) is 4.67. The minimum absolute atomic E-state index is 0. The van der Waals surface area contributed by atoms with Gasteiger partial charge in [-0.15, -0.1) is 24.0 Å². The number of hydrogen-bond acceptors (Lipinski definition) is 3. The van der Waals surface area contributed by atoms with Crippen molar-refractivity contribution in [2.24, 2.45) is 16.1 Å². The molecule has 0 aromatic heterocycles. The third kappa shape index (κ3) is 7.70. The van der Waals surface area contributed by atoms with Crippen molar-refractivity contribution in [3.63, 3.8) is 0 Å². The van der Waals surface area contributed by atoms with Crippen molar-refractivity contribution in [2.45, 2.75) is 26.8 Å². The first-order valence-corrected chi connectivity index (χ1v) is 5.61. The number of halogens is 1. The maximum absolute atomic E-state index is 11.5. The van der Waals surface area contributed by atoms with Gasteiger partial charge in [-0.3, -0.25) is 9.79 Å². The van der Waals surface area contributed by atoms with Gasteiger partial charge in [0.25, 0.3) is 0 Å². The fraction of sp³-hybridized carbons (Fsp3) is 0.818. The third-order valence-corrected chi connectivity index (χ3v) is 2.30. The molecule has 0 radical (unpaired) electrons. The first kappa shape index (κ1) is 19.8. The molecule has 0 aromatic carbocycles. The second-order valence-electron chi connectivity index (χ2n) is 4.67. The molecule has 108 valence electrons. The Balaban J connectivity index is 0. The highest BCUT2D eigenvalue weighted by Crippen LogP contribution is 2.14. The standard InChI is InChI=1S/C11H24N4O2.HI/c1-8(6-17-5)15-10(12)14-7-11(2,3)9(16)13-4;/h8H,6-7H2,1-5H3,(H,13,16)(H3,12,14,15);1H. The molecule has 0 aliphatic rings. The van der Waals surface area contributed by atoms with Gasteiger partial charge >= 0.3 is 0 Å². The van der Waals surface area contributed by atoms with Crippen LogP contribution in [0.3, 0.4) is 0 Å². The Morgan fingerprint density at radius 2 is 2.06 bits per heavy atom. The Morgan fingerprint density at radius 3 is 2.50 bits per heavy atom. The van der Waals surface area contributed by atoms with Gasteiger partial charge in [0.2, 0.25) is 5.91 Å². The van der Waals surface area contributed by atoms with Crippen LogP contribution in [0.5, 0.6) is 0 Å². The van der Waals surface area contributed by atoms with Gasteiger partial charge in [0, 0.05) is 20.2 Å². The monoisotopic (exact) mass is 372 g/mol. The number of ether oxygens (including phenoxy) is 1. The molecule has 1 amide bonds. The van der Waals surface area contributed by atoms with Crippen LogP contribution in [0.4, 0.5) is 0 Å². The van der Waals surface area contributed by atoms with E-state index in [4.69, 9.17) is 10.5 Å². The molecule has 0 spiro atoms. The van der Waals surface area contributed by atoms with E-state index in [2.05, 4.69) is 15.6 Å². The maximum Gasteiger partial charge on any atom is 0.227 e. The van der Waals surface area contributed by atoms with E-state index in [1.54, 1.807) is 14.2 Å². The van der Waals surface area contributed by atoms with Gasteiger partial charge in [0.1, 0.15) is 0 Å². The van der Waals surface area contributed by atoms with Crippen LogP contribution in [-0.2, 0) is 9.53 Å². The molecule has 0 heterocycles. The Morgan fingerprint density at radius 1 is 1.50 bits per heavy atom. The topological polar surface area (TPSA) is 88.7 Å². The molecule has 0 saturated carbocycles. The Bertz CT molecular complexity index is 282. The number of rotatable bonds is 6. The molecular formula is C11H25IN4O2. The van der Waals surface area contributed by atoms with Crippen molar-refractivity contribution in [3.05, 3.63) is 0 Å². The third-order valence-electron chi connectivity index (χ3n) is 2.30. The molecule has 0 saturated heterocycles. The van der Waals surface area contributed by atoms with Crippen LogP contribution in [-0.4, -0.2) is 45.2 Å². The minimum atomic E-state index is -0.564. The van der Waals surface area contributed by atoms with Crippen LogP contribution < -0.4 is 16.4 Å². The number of carbonyl (C=O) groups is 1. The normalized spacial score (nSPS) is 13.5. The second kappa shape index (κ2) is 9.37. The summed E-state index contributed by atoms with van der Waals surface area (Å²) in [6.45, 7) is 6.47. The molecule has 1 atom stereocenters. The molecule has 6 nitrogen and oxygen atoms in total. The van der Waals surface area contributed by atoms with Crippen LogP contribution in [0.2, 0.25) is 0 Å². The number of nitrogens with zero attached hydrogens (tertiary/aromatic N) is 1. The lowest BCUT2D eigenvalue weighted by molar-refractivity contribution is -0.128. The molecule has 0 bridgehead atoms. The molecule has 0 rings (SSSR count). The minimum Gasteiger partial charge on any atom is -0.383 e. The molecule has 7 heteroatoms. The summed E-state index contributed by atoms with van der Waals surface area (Å²) in [7, 11) is 3.23. The van der Waals surface area contributed by atoms with Gasteiger partial charge in [-0.05, 0) is 20.8 Å². The molecular weight excluding hydrogens is 347 g/mol. The van der Waals surface area contributed by atoms with Crippen molar-refractivity contribution in [1.29, 1.82) is 0 Å². The van der Waals surface area contributed by atoms with E-state index < -0.39 is 5.41 Å². The first-order valence-electron chi connectivity index (χ1n) is 5.61. The molecule has 0 aliphatic heterocycles. The number of nitrogens with two attached hydrogens (primary N) is 1. The number of nitrogens with one attached hydrogen (secondary N) is 2. The van der Waals surface area contributed by atoms with Crippen molar-refractivity contribution < 1.29 is 9.53 Å². The predicted molar refractivity (Wildman–Crippen MR) is 84.2 cm³/mol. The van der Waals surface area contributed by atoms with E-state index in [9.17, 15) is 4.79 Å². The summed E-state index contributed by atoms with van der Waals surface area (Å²) in [5.74, 6) is 0.269. The SMILES string of the molecule is CNC(=O)C(C)(C)CN=C(N)NC(C)COC.I. The van der Waals surface area contributed by atoms with E-state index in [0.29, 0.717) is 19.1 Å². The fourth-order valence-corrected chi connectivity index (χ4v) is 1.28. The Hall–Kier alpha value is -0.570. The van der Waals surface area contributed by atoms with Crippen molar-refractivity contribution in [3.8, 4) is 0 Å². The van der Waals surface area contributed by atoms with Crippen LogP contribution in [0.15, 0.2) is 4.99 Å². The van der Waals surface area contributed by atoms with Gasteiger partial charge in [-0.1, -0.05) is 0 Å². The lowest BCUT2D eigenvalue weighted by Crippen LogP contribution is -2.42. The summed E-state index contributed by atoms with van der Waals surface area (Å²) in [6.07, 6.45) is 0. The van der Waals surface area contributed by atoms with Gasteiger partial charge in [-0.2, -0.15) is 0 Å². The average molecular weight is 372 g/mol. The summed E-state index contributed by atoms with van der Waals surface area (Å²) in [6, 6.07) is 0.0897. The Kier molecular flexibility index (Phi) is 10.3. The number of amides is 1. The number of carbonyl (C=O) groups excluding carboxylic acids is 1. The summed E-state index contributed by atoms with van der Waals surface area (Å²) >= 11 is 0. The highest BCUT2D eigenvalue weighted by molar-refractivity contribution is 14.0. The highest BCUT2D eigenvalue weighted by atomic mass is 127. The van der Waals surface area contributed by atoms with Crippen molar-refractivity contribution >= 4 is 35.8 Å². The van der Waals surface area contributed by atoms with Crippen LogP contribution in [0.1, 0.15) is 20.8 Å². The van der Waals surface area contributed by atoms with Crippen LogP contribution >= 0.6 is 24.0 Å².